The van der Waals surface area contributed by atoms with Gasteiger partial charge in [0.1, 0.15) is 17.8 Å². The van der Waals surface area contributed by atoms with Crippen LogP contribution in [0.25, 0.3) is 0 Å². The molecule has 0 fully saturated rings. The van der Waals surface area contributed by atoms with Crippen molar-refractivity contribution >= 4 is 23.9 Å². The van der Waals surface area contributed by atoms with Crippen molar-refractivity contribution in [2.75, 3.05) is 0 Å². The molecule has 1 unspecified atom stereocenters. The normalized spacial score (nSPS) is 13.6. The Morgan fingerprint density at radius 1 is 0.806 bits per heavy atom. The summed E-state index contributed by atoms with van der Waals surface area (Å²) in [4.78, 5) is 48.8. The first-order valence-electron chi connectivity index (χ1n) is 11.5. The number of carbonyl (C=O) groups is 4. The largest absolute Gasteiger partial charge is 0.481 e. The Morgan fingerprint density at radius 3 is 1.75 bits per heavy atom. The number of amides is 2. The second kappa shape index (κ2) is 13.2. The van der Waals surface area contributed by atoms with E-state index in [0.29, 0.717) is 0 Å². The minimum atomic E-state index is -1.28. The quantitative estimate of drug-likeness (QED) is 0.279. The molecule has 3 atom stereocenters. The molecule has 0 radical (unpaired) electrons. The number of nitrogens with one attached hydrogen (secondary N) is 3. The molecule has 0 aliphatic heterocycles. The maximum atomic E-state index is 13.3. The number of carbonyl (C=O) groups excluding carboxylic acids is 2. The predicted molar refractivity (Wildman–Crippen MR) is 132 cm³/mol. The van der Waals surface area contributed by atoms with Crippen LogP contribution < -0.4 is 16.0 Å². The first-order valence-corrected chi connectivity index (χ1v) is 11.5. The van der Waals surface area contributed by atoms with E-state index in [4.69, 9.17) is 4.74 Å². The molecule has 0 saturated heterocycles. The molecule has 194 valence electrons. The number of hydrogen-bond donors (Lipinski definition) is 5. The molecule has 2 aromatic rings. The van der Waals surface area contributed by atoms with Gasteiger partial charge in [0.2, 0.25) is 5.91 Å². The molecule has 0 aromatic heterocycles. The van der Waals surface area contributed by atoms with Gasteiger partial charge in [-0.05, 0) is 44.7 Å². The van der Waals surface area contributed by atoms with Gasteiger partial charge in [-0.1, -0.05) is 60.7 Å². The molecular formula is C26H33N3O7. The second-order valence-corrected chi connectivity index (χ2v) is 9.29. The van der Waals surface area contributed by atoms with Crippen LogP contribution in [-0.4, -0.2) is 58.0 Å². The summed E-state index contributed by atoms with van der Waals surface area (Å²) in [6, 6.07) is 15.8. The van der Waals surface area contributed by atoms with Crippen molar-refractivity contribution in [1.82, 2.24) is 16.0 Å². The molecule has 2 rings (SSSR count). The second-order valence-electron chi connectivity index (χ2n) is 9.29. The van der Waals surface area contributed by atoms with Crippen LogP contribution in [0.5, 0.6) is 0 Å². The summed E-state index contributed by atoms with van der Waals surface area (Å²) in [7, 11) is 0. The zero-order chi connectivity index (χ0) is 26.7. The van der Waals surface area contributed by atoms with Crippen molar-refractivity contribution in [3.63, 3.8) is 0 Å². The first-order chi connectivity index (χ1) is 16.9. The molecule has 0 bridgehead atoms. The van der Waals surface area contributed by atoms with Gasteiger partial charge in [-0.15, -0.1) is 0 Å². The number of ether oxygens (including phenoxy) is 1. The van der Waals surface area contributed by atoms with Gasteiger partial charge in [-0.2, -0.15) is 0 Å². The summed E-state index contributed by atoms with van der Waals surface area (Å²) in [6.45, 7) is 4.95. The van der Waals surface area contributed by atoms with E-state index in [1.807, 2.05) is 12.1 Å². The van der Waals surface area contributed by atoms with Crippen molar-refractivity contribution in [2.45, 2.75) is 63.9 Å². The highest BCUT2D eigenvalue weighted by Gasteiger charge is 2.30. The molecule has 2 aromatic carbocycles. The zero-order valence-corrected chi connectivity index (χ0v) is 20.6. The lowest BCUT2D eigenvalue weighted by atomic mass is 10.0. The highest BCUT2D eigenvalue weighted by Crippen LogP contribution is 2.10. The van der Waals surface area contributed by atoms with E-state index in [2.05, 4.69) is 16.0 Å². The van der Waals surface area contributed by atoms with Crippen LogP contribution in [0, 0.1) is 0 Å². The van der Waals surface area contributed by atoms with Crippen LogP contribution in [0.15, 0.2) is 60.7 Å². The maximum absolute atomic E-state index is 13.3. The molecule has 10 nitrogen and oxygen atoms in total. The van der Waals surface area contributed by atoms with Crippen molar-refractivity contribution in [2.24, 2.45) is 0 Å². The highest BCUT2D eigenvalue weighted by molar-refractivity contribution is 5.85. The minimum absolute atomic E-state index is 0.128. The predicted octanol–water partition coefficient (Wildman–Crippen LogP) is 2.32. The molecule has 0 aliphatic rings. The Labute approximate surface area is 210 Å². The average molecular weight is 500 g/mol. The molecule has 0 saturated carbocycles. The Kier molecular flexibility index (Phi) is 10.4. The Balaban J connectivity index is 2.23. The molecular weight excluding hydrogens is 466 g/mol. The van der Waals surface area contributed by atoms with E-state index in [1.165, 1.54) is 0 Å². The SMILES string of the molecule is CC(C)(C)OC(=O)N[C@@H](CC(=O)O)NC(=O)[C@H](Cc1ccccc1)NC(Cc1ccccc1)C(=O)O. The Bertz CT molecular complexity index is 1020. The standard InChI is InChI=1S/C26H33N3O7/c1-26(2,3)36-25(35)29-21(16-22(30)31)28-23(32)19(14-17-10-6-4-7-11-17)27-20(24(33)34)15-18-12-8-5-9-13-18/h4-13,19-21,27H,14-16H2,1-3H3,(H,28,32)(H,29,35)(H,30,31)(H,33,34)/t19-,20?,21-/m0/s1. The molecule has 10 heteroatoms. The van der Waals surface area contributed by atoms with E-state index in [-0.39, 0.29) is 12.8 Å². The van der Waals surface area contributed by atoms with E-state index in [9.17, 15) is 29.4 Å². The minimum Gasteiger partial charge on any atom is -0.481 e. The molecule has 0 aliphatic carbocycles. The number of rotatable bonds is 12. The fourth-order valence-electron chi connectivity index (χ4n) is 3.42. The van der Waals surface area contributed by atoms with Gasteiger partial charge in [0.25, 0.3) is 0 Å². The van der Waals surface area contributed by atoms with E-state index in [0.717, 1.165) is 11.1 Å². The lowest BCUT2D eigenvalue weighted by Crippen LogP contribution is -2.58. The van der Waals surface area contributed by atoms with Crippen LogP contribution >= 0.6 is 0 Å². The van der Waals surface area contributed by atoms with Crippen LogP contribution in [0.2, 0.25) is 0 Å². The zero-order valence-electron chi connectivity index (χ0n) is 20.6. The van der Waals surface area contributed by atoms with Gasteiger partial charge in [-0.3, -0.25) is 19.7 Å². The first kappa shape index (κ1) is 28.3. The third-order valence-electron chi connectivity index (χ3n) is 4.97. The molecule has 2 amide bonds. The Hall–Kier alpha value is -3.92. The van der Waals surface area contributed by atoms with Gasteiger partial charge in [-0.25, -0.2) is 4.79 Å². The van der Waals surface area contributed by atoms with Crippen molar-refractivity contribution in [3.05, 3.63) is 71.8 Å². The summed E-state index contributed by atoms with van der Waals surface area (Å²) in [5.74, 6) is -3.06. The van der Waals surface area contributed by atoms with Gasteiger partial charge < -0.3 is 25.6 Å². The monoisotopic (exact) mass is 499 g/mol. The number of alkyl carbamates (subject to hydrolysis) is 1. The fourth-order valence-corrected chi connectivity index (χ4v) is 3.42. The molecule has 36 heavy (non-hydrogen) atoms. The number of aliphatic carboxylic acids is 2. The summed E-state index contributed by atoms with van der Waals surface area (Å²) in [5.41, 5.74) is 0.710. The van der Waals surface area contributed by atoms with E-state index < -0.39 is 54.2 Å². The highest BCUT2D eigenvalue weighted by atomic mass is 16.6. The molecule has 0 heterocycles. The van der Waals surface area contributed by atoms with Gasteiger partial charge in [0.05, 0.1) is 12.5 Å². The third kappa shape index (κ3) is 10.6. The summed E-state index contributed by atoms with van der Waals surface area (Å²) < 4.78 is 5.16. The van der Waals surface area contributed by atoms with Crippen LogP contribution in [0.1, 0.15) is 38.3 Å². The van der Waals surface area contributed by atoms with Crippen LogP contribution in [0.3, 0.4) is 0 Å². The van der Waals surface area contributed by atoms with Crippen molar-refractivity contribution < 1.29 is 34.1 Å². The topological polar surface area (TPSA) is 154 Å². The fraction of sp³-hybridized carbons (Fsp3) is 0.385. The van der Waals surface area contributed by atoms with E-state index >= 15 is 0 Å². The average Bonchev–Trinajstić information content (AvgIpc) is 2.77. The summed E-state index contributed by atoms with van der Waals surface area (Å²) in [5, 5.41) is 26.8. The summed E-state index contributed by atoms with van der Waals surface area (Å²) >= 11 is 0. The summed E-state index contributed by atoms with van der Waals surface area (Å²) in [6.07, 6.45) is -2.51. The smallest absolute Gasteiger partial charge is 0.409 e. The number of hydrogen-bond acceptors (Lipinski definition) is 6. The third-order valence-corrected chi connectivity index (χ3v) is 4.97. The van der Waals surface area contributed by atoms with Crippen LogP contribution in [-0.2, 0) is 32.0 Å². The van der Waals surface area contributed by atoms with Gasteiger partial charge in [0.15, 0.2) is 0 Å². The van der Waals surface area contributed by atoms with Gasteiger partial charge in [0, 0.05) is 0 Å². The Morgan fingerprint density at radius 2 is 1.31 bits per heavy atom. The number of benzene rings is 2. The number of carboxylic acids is 2. The van der Waals surface area contributed by atoms with Crippen molar-refractivity contribution in [3.8, 4) is 0 Å². The van der Waals surface area contributed by atoms with Crippen molar-refractivity contribution in [1.29, 1.82) is 0 Å². The van der Waals surface area contributed by atoms with Gasteiger partial charge >= 0.3 is 18.0 Å². The maximum Gasteiger partial charge on any atom is 0.409 e. The molecule has 5 N–H and O–H groups in total. The van der Waals surface area contributed by atoms with Crippen LogP contribution in [0.4, 0.5) is 4.79 Å². The van der Waals surface area contributed by atoms with E-state index in [1.54, 1.807) is 69.3 Å². The number of carboxylic acid groups (broad SMARTS) is 2. The lowest BCUT2D eigenvalue weighted by Gasteiger charge is -2.27. The molecule has 0 spiro atoms. The lowest BCUT2D eigenvalue weighted by molar-refractivity contribution is -0.140.